The zero-order chi connectivity index (χ0) is 16.2. The third-order valence-electron chi connectivity index (χ3n) is 3.97. The quantitative estimate of drug-likeness (QED) is 0.774. The fourth-order valence-electron chi connectivity index (χ4n) is 2.75. The van der Waals surface area contributed by atoms with E-state index in [1.165, 1.54) is 0 Å². The Labute approximate surface area is 141 Å². The molecule has 0 atom stereocenters. The van der Waals surface area contributed by atoms with Crippen LogP contribution in [-0.4, -0.2) is 12.5 Å². The van der Waals surface area contributed by atoms with E-state index in [1.807, 2.05) is 54.6 Å². The number of anilines is 2. The molecule has 118 valence electrons. The maximum atomic E-state index is 3.48. The molecule has 0 unspecified atom stereocenters. The Bertz CT molecular complexity index is 816. The molecule has 24 heavy (non-hydrogen) atoms. The van der Waals surface area contributed by atoms with E-state index in [0.717, 1.165) is 22.8 Å². The molecule has 2 N–H and O–H groups in total. The highest BCUT2D eigenvalue weighted by Gasteiger charge is 2.26. The van der Waals surface area contributed by atoms with Crippen LogP contribution >= 0.6 is 0 Å². The van der Waals surface area contributed by atoms with E-state index >= 15 is 0 Å². The summed E-state index contributed by atoms with van der Waals surface area (Å²) in [6, 6.07) is 31.0. The van der Waals surface area contributed by atoms with Crippen molar-refractivity contribution in [1.29, 1.82) is 0 Å². The first-order valence-corrected chi connectivity index (χ1v) is 8.01. The van der Waals surface area contributed by atoms with Crippen molar-refractivity contribution < 1.29 is 5.10 Å². The lowest BCUT2D eigenvalue weighted by Crippen LogP contribution is -2.92. The van der Waals surface area contributed by atoms with Gasteiger partial charge in [-0.1, -0.05) is 54.6 Å². The molecule has 0 bridgehead atoms. The fraction of sp³-hybridized carbons (Fsp3) is 0.0500. The third kappa shape index (κ3) is 2.94. The summed E-state index contributed by atoms with van der Waals surface area (Å²) in [4.78, 5) is 0. The van der Waals surface area contributed by atoms with Gasteiger partial charge in [0, 0.05) is 0 Å². The maximum absolute atomic E-state index is 3.48. The Morgan fingerprint density at radius 2 is 1.21 bits per heavy atom. The topological polar surface area (TPSA) is 32.5 Å². The molecule has 0 aliphatic carbocycles. The molecule has 0 spiro atoms. The first-order chi connectivity index (χ1) is 11.9. The van der Waals surface area contributed by atoms with E-state index in [1.54, 1.807) is 0 Å². The van der Waals surface area contributed by atoms with Gasteiger partial charge in [0.2, 0.25) is 0 Å². The van der Waals surface area contributed by atoms with Crippen molar-refractivity contribution in [1.82, 2.24) is 5.43 Å². The lowest BCUT2D eigenvalue weighted by Gasteiger charge is -2.31. The lowest BCUT2D eigenvalue weighted by atomic mass is 10.2. The predicted molar refractivity (Wildman–Crippen MR) is 97.4 cm³/mol. The number of hydrogen-bond donors (Lipinski definition) is 2. The van der Waals surface area contributed by atoms with Crippen molar-refractivity contribution in [2.75, 3.05) is 16.7 Å². The number of benzene rings is 3. The highest BCUT2D eigenvalue weighted by molar-refractivity contribution is 5.95. The summed E-state index contributed by atoms with van der Waals surface area (Å²) in [5, 5.41) is 7.74. The van der Waals surface area contributed by atoms with E-state index in [0.29, 0.717) is 6.67 Å². The van der Waals surface area contributed by atoms with Crippen LogP contribution in [0.2, 0.25) is 0 Å². The minimum atomic E-state index is 0.685. The van der Waals surface area contributed by atoms with Crippen LogP contribution in [-0.2, 0) is 0 Å². The number of hydrazine groups is 2. The minimum Gasteiger partial charge on any atom is -0.195 e. The molecule has 4 heteroatoms. The standard InChI is InChI=1S/C20H18N4/c1-4-10-17(11-5-1)20-21-23(18-12-6-2-7-13-18)16-24(22-20)19-14-8-3-9-15-19/h1-15H,16H2,(H,21,22)/p+1. The van der Waals surface area contributed by atoms with Crippen molar-refractivity contribution in [3.63, 3.8) is 0 Å². The van der Waals surface area contributed by atoms with Crippen LogP contribution in [0.1, 0.15) is 5.56 Å². The number of para-hydroxylation sites is 2. The molecular formula is C20H19N4+. The average Bonchev–Trinajstić information content (AvgIpc) is 2.70. The van der Waals surface area contributed by atoms with Crippen LogP contribution in [0.5, 0.6) is 0 Å². The van der Waals surface area contributed by atoms with Gasteiger partial charge in [0.15, 0.2) is 6.67 Å². The number of hydrazone groups is 1. The molecule has 4 nitrogen and oxygen atoms in total. The van der Waals surface area contributed by atoms with Crippen molar-refractivity contribution in [3.8, 4) is 0 Å². The van der Waals surface area contributed by atoms with Gasteiger partial charge in [0.05, 0.1) is 16.9 Å². The number of amidine groups is 1. The maximum Gasteiger partial charge on any atom is 0.322 e. The Hall–Kier alpha value is -3.27. The van der Waals surface area contributed by atoms with Gasteiger partial charge in [0.25, 0.3) is 0 Å². The van der Waals surface area contributed by atoms with Crippen molar-refractivity contribution in [2.24, 2.45) is 0 Å². The van der Waals surface area contributed by atoms with Crippen LogP contribution < -0.4 is 20.5 Å². The van der Waals surface area contributed by atoms with E-state index in [9.17, 15) is 0 Å². The number of nitrogens with zero attached hydrogens (tertiary/aromatic N) is 2. The minimum absolute atomic E-state index is 0.685. The van der Waals surface area contributed by atoms with Gasteiger partial charge < -0.3 is 0 Å². The highest BCUT2D eigenvalue weighted by Crippen LogP contribution is 2.16. The van der Waals surface area contributed by atoms with Gasteiger partial charge in [-0.05, 0) is 36.4 Å². The van der Waals surface area contributed by atoms with Crippen LogP contribution in [0.3, 0.4) is 0 Å². The summed E-state index contributed by atoms with van der Waals surface area (Å²) < 4.78 is 0. The van der Waals surface area contributed by atoms with Crippen molar-refractivity contribution in [3.05, 3.63) is 96.6 Å². The van der Waals surface area contributed by atoms with Crippen molar-refractivity contribution >= 4 is 17.2 Å². The first-order valence-electron chi connectivity index (χ1n) is 8.01. The molecule has 0 fully saturated rings. The van der Waals surface area contributed by atoms with Gasteiger partial charge in [-0.15, -0.1) is 0 Å². The summed E-state index contributed by atoms with van der Waals surface area (Å²) in [6.45, 7) is 0.685. The van der Waals surface area contributed by atoms with E-state index in [2.05, 4.69) is 56.9 Å². The smallest absolute Gasteiger partial charge is 0.195 e. The van der Waals surface area contributed by atoms with Gasteiger partial charge in [0.1, 0.15) is 0 Å². The SMILES string of the molecule is c1ccc(C2=[NH+]N(c3ccccc3)CN(c3ccccc3)N2)cc1. The summed E-state index contributed by atoms with van der Waals surface area (Å²) in [6.07, 6.45) is 0. The second-order valence-electron chi connectivity index (χ2n) is 5.63. The molecule has 1 aliphatic rings. The van der Waals surface area contributed by atoms with E-state index in [4.69, 9.17) is 0 Å². The second-order valence-corrected chi connectivity index (χ2v) is 5.63. The number of rotatable bonds is 3. The van der Waals surface area contributed by atoms with Crippen LogP contribution in [0, 0.1) is 0 Å². The number of hydrogen-bond acceptors (Lipinski definition) is 3. The largest absolute Gasteiger partial charge is 0.322 e. The van der Waals surface area contributed by atoms with E-state index in [-0.39, 0.29) is 0 Å². The predicted octanol–water partition coefficient (Wildman–Crippen LogP) is 1.92. The van der Waals surface area contributed by atoms with Gasteiger partial charge in [-0.2, -0.15) is 20.5 Å². The first kappa shape index (κ1) is 14.3. The van der Waals surface area contributed by atoms with Gasteiger partial charge in [-0.25, -0.2) is 0 Å². The normalized spacial score (nSPS) is 14.1. The lowest BCUT2D eigenvalue weighted by molar-refractivity contribution is -0.479. The average molecular weight is 315 g/mol. The molecule has 0 saturated carbocycles. The van der Waals surface area contributed by atoms with Gasteiger partial charge in [-0.3, -0.25) is 0 Å². The Kier molecular flexibility index (Phi) is 3.86. The molecule has 3 aromatic rings. The molecule has 0 amide bonds. The third-order valence-corrected chi connectivity index (χ3v) is 3.97. The van der Waals surface area contributed by atoms with Crippen LogP contribution in [0.25, 0.3) is 0 Å². The molecular weight excluding hydrogens is 296 g/mol. The molecule has 0 radical (unpaired) electrons. The molecule has 1 heterocycles. The molecule has 4 rings (SSSR count). The zero-order valence-electron chi connectivity index (χ0n) is 13.3. The molecule has 1 aliphatic heterocycles. The Morgan fingerprint density at radius 1 is 0.667 bits per heavy atom. The summed E-state index contributed by atoms with van der Waals surface area (Å²) in [7, 11) is 0. The Balaban J connectivity index is 1.73. The second kappa shape index (κ2) is 6.46. The zero-order valence-corrected chi connectivity index (χ0v) is 13.3. The molecule has 0 aromatic heterocycles. The van der Waals surface area contributed by atoms with Crippen molar-refractivity contribution in [2.45, 2.75) is 0 Å². The summed E-state index contributed by atoms with van der Waals surface area (Å²) >= 11 is 0. The molecule has 0 saturated heterocycles. The fourth-order valence-corrected chi connectivity index (χ4v) is 2.75. The van der Waals surface area contributed by atoms with Crippen LogP contribution in [0.4, 0.5) is 11.4 Å². The van der Waals surface area contributed by atoms with E-state index < -0.39 is 0 Å². The monoisotopic (exact) mass is 315 g/mol. The Morgan fingerprint density at radius 3 is 1.83 bits per heavy atom. The highest BCUT2D eigenvalue weighted by atomic mass is 15.7. The molecule has 3 aromatic carbocycles. The summed E-state index contributed by atoms with van der Waals surface area (Å²) in [5.74, 6) is 0.953. The number of nitrogens with one attached hydrogen (secondary N) is 2. The van der Waals surface area contributed by atoms with Gasteiger partial charge >= 0.3 is 5.84 Å². The summed E-state index contributed by atoms with van der Waals surface area (Å²) in [5.41, 5.74) is 6.83. The van der Waals surface area contributed by atoms with Crippen LogP contribution in [0.15, 0.2) is 91.0 Å².